The smallest absolute Gasteiger partial charge is 0.407 e. The first-order chi connectivity index (χ1) is 8.06. The van der Waals surface area contributed by atoms with Gasteiger partial charge in [-0.1, -0.05) is 0 Å². The van der Waals surface area contributed by atoms with Gasteiger partial charge in [-0.15, -0.1) is 0 Å². The van der Waals surface area contributed by atoms with Gasteiger partial charge in [0, 0.05) is 13.1 Å². The number of rotatable bonds is 3. The molecular weight excluding hydrogens is 228 g/mol. The Kier molecular flexibility index (Phi) is 2.94. The lowest BCUT2D eigenvalue weighted by Gasteiger charge is -2.10. The Morgan fingerprint density at radius 3 is 3.00 bits per heavy atom. The van der Waals surface area contributed by atoms with Crippen LogP contribution in [0.4, 0.5) is 10.6 Å². The van der Waals surface area contributed by atoms with Gasteiger partial charge in [0.2, 0.25) is 0 Å². The van der Waals surface area contributed by atoms with Gasteiger partial charge in [-0.2, -0.15) is 4.68 Å². The van der Waals surface area contributed by atoms with Crippen LogP contribution in [-0.4, -0.2) is 43.9 Å². The van der Waals surface area contributed by atoms with Crippen molar-refractivity contribution in [3.8, 4) is 0 Å². The maximum atomic E-state index is 10.7. The molecule has 8 heteroatoms. The molecule has 1 aromatic heterocycles. The van der Waals surface area contributed by atoms with E-state index >= 15 is 0 Å². The molecule has 2 rings (SSSR count). The van der Waals surface area contributed by atoms with Crippen LogP contribution in [0, 0.1) is 16.0 Å². The Labute approximate surface area is 96.6 Å². The third-order valence-electron chi connectivity index (χ3n) is 2.82. The number of nitro groups is 1. The standard InChI is InChI=1S/C9H12N4O4/c14-9(15)11-3-1-7(5-11)6-12-4-2-8(10-12)13(16)17/h2,4,7H,1,3,5-6H2,(H,14,15). The molecule has 0 radical (unpaired) electrons. The zero-order valence-corrected chi connectivity index (χ0v) is 9.02. The molecule has 1 amide bonds. The zero-order valence-electron chi connectivity index (χ0n) is 9.02. The highest BCUT2D eigenvalue weighted by atomic mass is 16.6. The molecule has 1 atom stereocenters. The minimum Gasteiger partial charge on any atom is -0.465 e. The number of likely N-dealkylation sites (tertiary alicyclic amines) is 1. The molecule has 1 N–H and O–H groups in total. The number of carboxylic acid groups (broad SMARTS) is 1. The number of hydrogen-bond acceptors (Lipinski definition) is 4. The van der Waals surface area contributed by atoms with E-state index in [9.17, 15) is 14.9 Å². The van der Waals surface area contributed by atoms with Crippen LogP contribution in [0.1, 0.15) is 6.42 Å². The Bertz CT molecular complexity index is 444. The Morgan fingerprint density at radius 1 is 1.71 bits per heavy atom. The van der Waals surface area contributed by atoms with Gasteiger partial charge in [-0.3, -0.25) is 0 Å². The molecule has 1 aromatic rings. The molecule has 17 heavy (non-hydrogen) atoms. The van der Waals surface area contributed by atoms with Crippen LogP contribution in [-0.2, 0) is 6.54 Å². The topological polar surface area (TPSA) is 102 Å². The minimum absolute atomic E-state index is 0.172. The van der Waals surface area contributed by atoms with Crippen LogP contribution >= 0.6 is 0 Å². The summed E-state index contributed by atoms with van der Waals surface area (Å²) in [5, 5.41) is 23.0. The molecule has 0 aliphatic carbocycles. The lowest BCUT2D eigenvalue weighted by Crippen LogP contribution is -2.27. The molecule has 1 saturated heterocycles. The zero-order chi connectivity index (χ0) is 12.4. The predicted octanol–water partition coefficient (Wildman–Crippen LogP) is 0.791. The lowest BCUT2D eigenvalue weighted by atomic mass is 10.1. The van der Waals surface area contributed by atoms with E-state index in [1.807, 2.05) is 0 Å². The van der Waals surface area contributed by atoms with Crippen LogP contribution in [0.5, 0.6) is 0 Å². The summed E-state index contributed by atoms with van der Waals surface area (Å²) in [7, 11) is 0. The van der Waals surface area contributed by atoms with Crippen LogP contribution < -0.4 is 0 Å². The van der Waals surface area contributed by atoms with Crippen molar-refractivity contribution in [1.29, 1.82) is 0 Å². The van der Waals surface area contributed by atoms with E-state index in [0.717, 1.165) is 6.42 Å². The van der Waals surface area contributed by atoms with Gasteiger partial charge >= 0.3 is 11.9 Å². The van der Waals surface area contributed by atoms with E-state index in [2.05, 4.69) is 5.10 Å². The quantitative estimate of drug-likeness (QED) is 0.621. The third-order valence-corrected chi connectivity index (χ3v) is 2.82. The van der Waals surface area contributed by atoms with Gasteiger partial charge in [0.25, 0.3) is 0 Å². The number of amides is 1. The highest BCUT2D eigenvalue weighted by molar-refractivity contribution is 5.65. The maximum Gasteiger partial charge on any atom is 0.407 e. The molecule has 1 aliphatic heterocycles. The summed E-state index contributed by atoms with van der Waals surface area (Å²) in [6.07, 6.45) is 1.39. The number of carbonyl (C=O) groups is 1. The van der Waals surface area contributed by atoms with E-state index in [1.54, 1.807) is 6.20 Å². The highest BCUT2D eigenvalue weighted by Gasteiger charge is 2.27. The predicted molar refractivity (Wildman–Crippen MR) is 56.6 cm³/mol. The second-order valence-corrected chi connectivity index (χ2v) is 4.04. The first-order valence-corrected chi connectivity index (χ1v) is 5.22. The molecule has 0 saturated carbocycles. The van der Waals surface area contributed by atoms with Crippen molar-refractivity contribution >= 4 is 11.9 Å². The number of nitrogens with zero attached hydrogens (tertiary/aromatic N) is 4. The van der Waals surface area contributed by atoms with Crippen LogP contribution in [0.15, 0.2) is 12.3 Å². The van der Waals surface area contributed by atoms with E-state index in [4.69, 9.17) is 5.11 Å². The van der Waals surface area contributed by atoms with Gasteiger partial charge in [-0.05, 0) is 17.3 Å². The van der Waals surface area contributed by atoms with Crippen LogP contribution in [0.25, 0.3) is 0 Å². The van der Waals surface area contributed by atoms with Crippen molar-refractivity contribution in [1.82, 2.24) is 14.7 Å². The van der Waals surface area contributed by atoms with Gasteiger partial charge < -0.3 is 20.1 Å². The maximum absolute atomic E-state index is 10.7. The fraction of sp³-hybridized carbons (Fsp3) is 0.556. The summed E-state index contributed by atoms with van der Waals surface area (Å²) in [6, 6.07) is 1.34. The summed E-state index contributed by atoms with van der Waals surface area (Å²) in [5.41, 5.74) is 0. The first kappa shape index (κ1) is 11.4. The Hall–Kier alpha value is -2.12. The van der Waals surface area contributed by atoms with E-state index in [-0.39, 0.29) is 11.7 Å². The largest absolute Gasteiger partial charge is 0.465 e. The van der Waals surface area contributed by atoms with Crippen molar-refractivity contribution in [3.63, 3.8) is 0 Å². The van der Waals surface area contributed by atoms with Crippen LogP contribution in [0.3, 0.4) is 0 Å². The van der Waals surface area contributed by atoms with Crippen molar-refractivity contribution in [2.24, 2.45) is 5.92 Å². The SMILES string of the molecule is O=C(O)N1CCC(Cn2ccc([N+](=O)[O-])n2)C1. The molecule has 1 aliphatic rings. The van der Waals surface area contributed by atoms with Gasteiger partial charge in [-0.25, -0.2) is 4.79 Å². The van der Waals surface area contributed by atoms with Crippen molar-refractivity contribution in [2.75, 3.05) is 13.1 Å². The van der Waals surface area contributed by atoms with E-state index in [0.29, 0.717) is 19.6 Å². The molecule has 1 unspecified atom stereocenters. The van der Waals surface area contributed by atoms with Crippen molar-refractivity contribution in [2.45, 2.75) is 13.0 Å². The molecule has 0 bridgehead atoms. The average molecular weight is 240 g/mol. The fourth-order valence-electron chi connectivity index (χ4n) is 1.97. The second-order valence-electron chi connectivity index (χ2n) is 4.04. The average Bonchev–Trinajstić information content (AvgIpc) is 2.87. The second kappa shape index (κ2) is 4.40. The third kappa shape index (κ3) is 2.52. The summed E-state index contributed by atoms with van der Waals surface area (Å²) < 4.78 is 1.49. The van der Waals surface area contributed by atoms with Gasteiger partial charge in [0.15, 0.2) is 0 Å². The van der Waals surface area contributed by atoms with Gasteiger partial charge in [0.05, 0.1) is 23.9 Å². The summed E-state index contributed by atoms with van der Waals surface area (Å²) in [4.78, 5) is 21.9. The van der Waals surface area contributed by atoms with E-state index < -0.39 is 11.0 Å². The molecule has 92 valence electrons. The molecule has 1 fully saturated rings. The monoisotopic (exact) mass is 240 g/mol. The van der Waals surface area contributed by atoms with E-state index in [1.165, 1.54) is 15.6 Å². The minimum atomic E-state index is -0.918. The fourth-order valence-corrected chi connectivity index (χ4v) is 1.97. The summed E-state index contributed by atoms with van der Waals surface area (Å²) in [5.74, 6) is -0.0105. The molecule has 2 heterocycles. The first-order valence-electron chi connectivity index (χ1n) is 5.22. The number of hydrogen-bond donors (Lipinski definition) is 1. The molecular formula is C9H12N4O4. The molecule has 8 nitrogen and oxygen atoms in total. The summed E-state index contributed by atoms with van der Waals surface area (Å²) >= 11 is 0. The summed E-state index contributed by atoms with van der Waals surface area (Å²) in [6.45, 7) is 1.49. The Balaban J connectivity index is 1.93. The highest BCUT2D eigenvalue weighted by Crippen LogP contribution is 2.18. The van der Waals surface area contributed by atoms with Crippen LogP contribution in [0.2, 0.25) is 0 Å². The van der Waals surface area contributed by atoms with Gasteiger partial charge in [0.1, 0.15) is 0 Å². The lowest BCUT2D eigenvalue weighted by molar-refractivity contribution is -0.389. The normalized spacial score (nSPS) is 19.5. The molecule has 0 aromatic carbocycles. The van der Waals surface area contributed by atoms with Crippen molar-refractivity contribution in [3.05, 3.63) is 22.4 Å². The van der Waals surface area contributed by atoms with Crippen molar-refractivity contribution < 1.29 is 14.8 Å². The number of aromatic nitrogens is 2. The Morgan fingerprint density at radius 2 is 2.47 bits per heavy atom. The molecule has 0 spiro atoms.